The van der Waals surface area contributed by atoms with Gasteiger partial charge in [-0.25, -0.2) is 0 Å². The Bertz CT molecular complexity index is 803. The molecule has 6 nitrogen and oxygen atoms in total. The zero-order valence-electron chi connectivity index (χ0n) is 14.6. The normalized spacial score (nSPS) is 13.6. The number of hydrogen-bond acceptors (Lipinski definition) is 3. The van der Waals surface area contributed by atoms with E-state index < -0.39 is 0 Å². The fourth-order valence-corrected chi connectivity index (χ4v) is 2.93. The highest BCUT2D eigenvalue weighted by Gasteiger charge is 2.22. The van der Waals surface area contributed by atoms with E-state index in [4.69, 9.17) is 0 Å². The molecular formula is C20H21N3O3. The average Bonchev–Trinajstić information content (AvgIpc) is 3.08. The summed E-state index contributed by atoms with van der Waals surface area (Å²) in [6.45, 7) is 0.672. The summed E-state index contributed by atoms with van der Waals surface area (Å²) in [5.74, 6) is -0.391. The van der Waals surface area contributed by atoms with Crippen LogP contribution in [0.4, 0.5) is 11.4 Å². The van der Waals surface area contributed by atoms with E-state index in [2.05, 4.69) is 5.32 Å². The summed E-state index contributed by atoms with van der Waals surface area (Å²) >= 11 is 0. The van der Waals surface area contributed by atoms with Gasteiger partial charge in [0.15, 0.2) is 0 Å². The number of benzene rings is 2. The molecule has 0 atom stereocenters. The van der Waals surface area contributed by atoms with Crippen LogP contribution < -0.4 is 10.2 Å². The summed E-state index contributed by atoms with van der Waals surface area (Å²) < 4.78 is 0. The van der Waals surface area contributed by atoms with Gasteiger partial charge >= 0.3 is 0 Å². The lowest BCUT2D eigenvalue weighted by atomic mass is 10.1. The Morgan fingerprint density at radius 2 is 1.77 bits per heavy atom. The van der Waals surface area contributed by atoms with E-state index in [0.717, 1.165) is 12.1 Å². The van der Waals surface area contributed by atoms with Crippen molar-refractivity contribution in [1.29, 1.82) is 0 Å². The lowest BCUT2D eigenvalue weighted by molar-refractivity contribution is -0.117. The van der Waals surface area contributed by atoms with Gasteiger partial charge in [-0.15, -0.1) is 0 Å². The van der Waals surface area contributed by atoms with E-state index in [1.54, 1.807) is 48.3 Å². The molecule has 0 radical (unpaired) electrons. The predicted octanol–water partition coefficient (Wildman–Crippen LogP) is 2.52. The zero-order valence-corrected chi connectivity index (χ0v) is 14.6. The van der Waals surface area contributed by atoms with Crippen molar-refractivity contribution >= 4 is 29.1 Å². The van der Waals surface area contributed by atoms with Gasteiger partial charge in [-0.2, -0.15) is 0 Å². The first kappa shape index (κ1) is 17.7. The quantitative estimate of drug-likeness (QED) is 0.900. The van der Waals surface area contributed by atoms with Gasteiger partial charge < -0.3 is 15.1 Å². The molecule has 3 amide bonds. The Hall–Kier alpha value is -3.15. The number of hydrogen-bond donors (Lipinski definition) is 1. The Morgan fingerprint density at radius 1 is 1.08 bits per heavy atom. The Balaban J connectivity index is 1.59. The molecule has 1 aliphatic heterocycles. The first-order valence-electron chi connectivity index (χ1n) is 8.55. The van der Waals surface area contributed by atoms with E-state index >= 15 is 0 Å². The minimum Gasteiger partial charge on any atom is -0.332 e. The molecule has 1 fully saturated rings. The summed E-state index contributed by atoms with van der Waals surface area (Å²) in [4.78, 5) is 39.4. The van der Waals surface area contributed by atoms with Crippen molar-refractivity contribution in [1.82, 2.24) is 4.90 Å². The van der Waals surface area contributed by atoms with Gasteiger partial charge in [0.25, 0.3) is 5.91 Å². The van der Waals surface area contributed by atoms with Gasteiger partial charge in [0.2, 0.25) is 11.8 Å². The highest BCUT2D eigenvalue weighted by molar-refractivity contribution is 6.00. The number of nitrogens with zero attached hydrogens (tertiary/aromatic N) is 2. The molecule has 0 saturated carbocycles. The Labute approximate surface area is 152 Å². The van der Waals surface area contributed by atoms with Crippen molar-refractivity contribution in [2.45, 2.75) is 12.8 Å². The molecule has 0 unspecified atom stereocenters. The van der Waals surface area contributed by atoms with Crippen LogP contribution in [0.25, 0.3) is 0 Å². The van der Waals surface area contributed by atoms with Crippen molar-refractivity contribution in [3.05, 3.63) is 60.2 Å². The molecule has 6 heteroatoms. The number of likely N-dealkylation sites (N-methyl/N-ethyl adjacent to an activating group) is 1. The van der Waals surface area contributed by atoms with Crippen LogP contribution in [0.1, 0.15) is 23.2 Å². The zero-order chi connectivity index (χ0) is 18.5. The molecule has 2 aromatic carbocycles. The van der Waals surface area contributed by atoms with E-state index in [1.807, 2.05) is 18.2 Å². The second kappa shape index (κ2) is 7.82. The summed E-state index contributed by atoms with van der Waals surface area (Å²) in [6.07, 6.45) is 1.43. The highest BCUT2D eigenvalue weighted by atomic mass is 16.2. The van der Waals surface area contributed by atoms with Crippen LogP contribution >= 0.6 is 0 Å². The van der Waals surface area contributed by atoms with Gasteiger partial charge in [-0.1, -0.05) is 18.2 Å². The van der Waals surface area contributed by atoms with Crippen LogP contribution in [0, 0.1) is 0 Å². The molecule has 1 heterocycles. The molecule has 1 saturated heterocycles. The maximum absolute atomic E-state index is 12.5. The smallest absolute Gasteiger partial charge is 0.254 e. The van der Waals surface area contributed by atoms with E-state index in [0.29, 0.717) is 24.2 Å². The highest BCUT2D eigenvalue weighted by Crippen LogP contribution is 2.22. The molecule has 0 aliphatic carbocycles. The summed E-state index contributed by atoms with van der Waals surface area (Å²) in [5, 5.41) is 2.75. The van der Waals surface area contributed by atoms with Crippen LogP contribution in [0.15, 0.2) is 54.6 Å². The van der Waals surface area contributed by atoms with Crippen molar-refractivity contribution in [2.24, 2.45) is 0 Å². The second-order valence-electron chi connectivity index (χ2n) is 6.27. The Kier molecular flexibility index (Phi) is 5.31. The fraction of sp³-hybridized carbons (Fsp3) is 0.250. The van der Waals surface area contributed by atoms with E-state index in [-0.39, 0.29) is 24.3 Å². The van der Waals surface area contributed by atoms with Crippen LogP contribution in [0.5, 0.6) is 0 Å². The third-order valence-electron chi connectivity index (χ3n) is 4.28. The number of amides is 3. The third-order valence-corrected chi connectivity index (χ3v) is 4.28. The van der Waals surface area contributed by atoms with Crippen LogP contribution in [0.3, 0.4) is 0 Å². The summed E-state index contributed by atoms with van der Waals surface area (Å²) in [6, 6.07) is 16.0. The van der Waals surface area contributed by atoms with Crippen LogP contribution in [0.2, 0.25) is 0 Å². The number of para-hydroxylation sites is 1. The van der Waals surface area contributed by atoms with Gasteiger partial charge in [-0.05, 0) is 42.8 Å². The first-order valence-corrected chi connectivity index (χ1v) is 8.55. The minimum absolute atomic E-state index is 0.0416. The summed E-state index contributed by atoms with van der Waals surface area (Å²) in [7, 11) is 1.59. The number of rotatable bonds is 5. The lowest BCUT2D eigenvalue weighted by Crippen LogP contribution is -2.35. The molecule has 0 aromatic heterocycles. The molecule has 0 bridgehead atoms. The monoisotopic (exact) mass is 351 g/mol. The van der Waals surface area contributed by atoms with E-state index in [9.17, 15) is 14.4 Å². The SMILES string of the molecule is CN(CC(=O)Nc1ccccc1)C(=O)c1ccc(N2CCCC2=O)cc1. The van der Waals surface area contributed by atoms with Gasteiger partial charge in [-0.3, -0.25) is 14.4 Å². The molecule has 0 spiro atoms. The number of nitrogens with one attached hydrogen (secondary N) is 1. The molecule has 134 valence electrons. The van der Waals surface area contributed by atoms with Crippen molar-refractivity contribution in [3.8, 4) is 0 Å². The van der Waals surface area contributed by atoms with E-state index in [1.165, 1.54) is 4.90 Å². The molecule has 1 aliphatic rings. The topological polar surface area (TPSA) is 69.7 Å². The van der Waals surface area contributed by atoms with Crippen LogP contribution in [-0.2, 0) is 9.59 Å². The maximum atomic E-state index is 12.5. The molecule has 26 heavy (non-hydrogen) atoms. The lowest BCUT2D eigenvalue weighted by Gasteiger charge is -2.19. The molecular weight excluding hydrogens is 330 g/mol. The fourth-order valence-electron chi connectivity index (χ4n) is 2.93. The largest absolute Gasteiger partial charge is 0.332 e. The van der Waals surface area contributed by atoms with Gasteiger partial charge in [0.05, 0.1) is 6.54 Å². The van der Waals surface area contributed by atoms with Crippen molar-refractivity contribution in [2.75, 3.05) is 30.4 Å². The minimum atomic E-state index is -0.258. The molecule has 3 rings (SSSR count). The standard InChI is InChI=1S/C20H21N3O3/c1-22(14-18(24)21-16-6-3-2-4-7-16)20(26)15-9-11-17(12-10-15)23-13-5-8-19(23)25/h2-4,6-7,9-12H,5,8,13-14H2,1H3,(H,21,24). The second-order valence-corrected chi connectivity index (χ2v) is 6.27. The van der Waals surface area contributed by atoms with Crippen molar-refractivity contribution < 1.29 is 14.4 Å². The number of carbonyl (C=O) groups excluding carboxylic acids is 3. The van der Waals surface area contributed by atoms with Crippen LogP contribution in [-0.4, -0.2) is 42.8 Å². The third kappa shape index (κ3) is 4.08. The molecule has 2 aromatic rings. The number of carbonyl (C=O) groups is 3. The van der Waals surface area contributed by atoms with Crippen molar-refractivity contribution in [3.63, 3.8) is 0 Å². The summed E-state index contributed by atoms with van der Waals surface area (Å²) in [5.41, 5.74) is 1.97. The number of anilines is 2. The average molecular weight is 351 g/mol. The Morgan fingerprint density at radius 3 is 2.38 bits per heavy atom. The first-order chi connectivity index (χ1) is 12.5. The maximum Gasteiger partial charge on any atom is 0.254 e. The predicted molar refractivity (Wildman–Crippen MR) is 100 cm³/mol. The molecule has 1 N–H and O–H groups in total. The van der Waals surface area contributed by atoms with Gasteiger partial charge in [0, 0.05) is 37.0 Å². The van der Waals surface area contributed by atoms with Gasteiger partial charge in [0.1, 0.15) is 0 Å².